The number of esters is 1. The number of carbonyl (C=O) groups is 1. The van der Waals surface area contributed by atoms with Crippen molar-refractivity contribution in [2.45, 2.75) is 246 Å². The molecule has 3 N–H and O–H groups in total. The van der Waals surface area contributed by atoms with Gasteiger partial charge in [0.1, 0.15) is 31.0 Å². The van der Waals surface area contributed by atoms with Crippen molar-refractivity contribution in [3.8, 4) is 0 Å². The van der Waals surface area contributed by atoms with Crippen molar-refractivity contribution in [2.24, 2.45) is 52.3 Å². The normalized spacial score (nSPS) is 37.1. The average molecular weight is 815 g/mol. The maximum absolute atomic E-state index is 12.6. The molecule has 336 valence electrons. The Hall–Kier alpha value is -0.990. The Kier molecular flexibility index (Phi) is 19.0. The zero-order chi connectivity index (χ0) is 41.9. The summed E-state index contributed by atoms with van der Waals surface area (Å²) in [6.45, 7) is 17.0. The van der Waals surface area contributed by atoms with E-state index in [4.69, 9.17) is 14.2 Å². The lowest BCUT2D eigenvalue weighted by molar-refractivity contribution is -0.313. The number of carbonyl (C=O) groups excluding carboxylic acids is 1. The van der Waals surface area contributed by atoms with Crippen LogP contribution in [0.15, 0.2) is 11.6 Å². The molecule has 0 radical (unpaired) electrons. The summed E-state index contributed by atoms with van der Waals surface area (Å²) in [6.07, 6.45) is 26.1. The summed E-state index contributed by atoms with van der Waals surface area (Å²) < 4.78 is 18.0. The lowest BCUT2D eigenvalue weighted by Gasteiger charge is -2.58. The second-order valence-corrected chi connectivity index (χ2v) is 21.1. The fourth-order valence-electron chi connectivity index (χ4n) is 13.3. The lowest BCUT2D eigenvalue weighted by atomic mass is 9.47. The highest BCUT2D eigenvalue weighted by Crippen LogP contribution is 2.67. The molecule has 3 saturated carbocycles. The third kappa shape index (κ3) is 11.9. The Bertz CT molecular complexity index is 1250. The summed E-state index contributed by atoms with van der Waals surface area (Å²) in [5.41, 5.74) is 2.13. The SMILES string of the molecule is CCCCCCCCCCCCCCCC(=O)OCC1O[C@@H](O[C@H]2CC[C@@]3(C)C(=CC[C@H]4[C@@H]5CC[C@H]([C@H](C)CC[C@@H](CC)C(C)C)[C@@]5(C)CC[C@@H]43)C2)C(O)C(O)[C@@H]1O. The Morgan fingerprint density at radius 1 is 0.793 bits per heavy atom. The molecule has 1 aliphatic heterocycles. The third-order valence-corrected chi connectivity index (χ3v) is 17.2. The molecule has 4 aliphatic carbocycles. The van der Waals surface area contributed by atoms with Gasteiger partial charge in [0.05, 0.1) is 6.10 Å². The molecule has 7 nitrogen and oxygen atoms in total. The van der Waals surface area contributed by atoms with Crippen molar-refractivity contribution in [1.82, 2.24) is 0 Å². The minimum absolute atomic E-state index is 0.139. The minimum Gasteiger partial charge on any atom is -0.463 e. The van der Waals surface area contributed by atoms with Gasteiger partial charge in [0, 0.05) is 6.42 Å². The molecule has 0 aromatic heterocycles. The molecule has 1 heterocycles. The van der Waals surface area contributed by atoms with E-state index in [0.29, 0.717) is 17.8 Å². The van der Waals surface area contributed by atoms with Gasteiger partial charge in [-0.15, -0.1) is 0 Å². The zero-order valence-corrected chi connectivity index (χ0v) is 38.4. The Labute approximate surface area is 355 Å². The van der Waals surface area contributed by atoms with Crippen LogP contribution in [0.3, 0.4) is 0 Å². The maximum Gasteiger partial charge on any atom is 0.305 e. The van der Waals surface area contributed by atoms with Crippen molar-refractivity contribution in [1.29, 1.82) is 0 Å². The van der Waals surface area contributed by atoms with Crippen molar-refractivity contribution in [3.05, 3.63) is 11.6 Å². The molecule has 0 aromatic rings. The van der Waals surface area contributed by atoms with Crippen LogP contribution < -0.4 is 0 Å². The van der Waals surface area contributed by atoms with Gasteiger partial charge in [0.25, 0.3) is 0 Å². The van der Waals surface area contributed by atoms with Gasteiger partial charge in [-0.1, -0.05) is 150 Å². The van der Waals surface area contributed by atoms with Gasteiger partial charge in [-0.2, -0.15) is 0 Å². The van der Waals surface area contributed by atoms with Gasteiger partial charge in [-0.25, -0.2) is 0 Å². The van der Waals surface area contributed by atoms with Gasteiger partial charge in [-0.05, 0) is 116 Å². The van der Waals surface area contributed by atoms with E-state index >= 15 is 0 Å². The standard InChI is InChI=1S/C51H90O7/c1-8-10-11-12-13-14-15-16-17-18-19-20-21-22-45(52)56-34-44-46(53)47(54)48(55)49(58-44)57-39-29-31-50(6)38(33-39)25-26-40-42-28-27-41(51(42,7)32-30-43(40)50)36(5)23-24-37(9-2)35(3)4/h25,35-37,39-44,46-49,53-55H,8-24,26-34H2,1-7H3/t36-,37-,39+,40+,41-,42+,43+,44?,46-,47?,48?,49-,50+,51-/m1/s1. The van der Waals surface area contributed by atoms with E-state index in [9.17, 15) is 20.1 Å². The number of hydrogen-bond acceptors (Lipinski definition) is 7. The molecule has 1 saturated heterocycles. The summed E-state index contributed by atoms with van der Waals surface area (Å²) in [6, 6.07) is 0. The van der Waals surface area contributed by atoms with E-state index in [1.807, 2.05) is 0 Å². The molecule has 14 atom stereocenters. The molecule has 7 heteroatoms. The van der Waals surface area contributed by atoms with Gasteiger partial charge in [0.2, 0.25) is 0 Å². The highest BCUT2D eigenvalue weighted by Gasteiger charge is 2.59. The number of ether oxygens (including phenoxy) is 3. The highest BCUT2D eigenvalue weighted by molar-refractivity contribution is 5.69. The number of fused-ring (bicyclic) bond motifs is 5. The van der Waals surface area contributed by atoms with Crippen molar-refractivity contribution in [2.75, 3.05) is 6.61 Å². The van der Waals surface area contributed by atoms with Gasteiger partial charge in [0.15, 0.2) is 6.29 Å². The summed E-state index contributed by atoms with van der Waals surface area (Å²) >= 11 is 0. The van der Waals surface area contributed by atoms with Crippen molar-refractivity contribution < 1.29 is 34.3 Å². The second kappa shape index (κ2) is 22.9. The zero-order valence-electron chi connectivity index (χ0n) is 38.4. The summed E-state index contributed by atoms with van der Waals surface area (Å²) in [5, 5.41) is 32.5. The van der Waals surface area contributed by atoms with E-state index in [0.717, 1.165) is 80.5 Å². The first-order chi connectivity index (χ1) is 27.8. The number of allylic oxidation sites excluding steroid dienone is 1. The van der Waals surface area contributed by atoms with E-state index in [1.165, 1.54) is 115 Å². The smallest absolute Gasteiger partial charge is 0.305 e. The average Bonchev–Trinajstić information content (AvgIpc) is 3.56. The highest BCUT2D eigenvalue weighted by atomic mass is 16.7. The van der Waals surface area contributed by atoms with Crippen molar-refractivity contribution in [3.63, 3.8) is 0 Å². The van der Waals surface area contributed by atoms with Crippen molar-refractivity contribution >= 4 is 5.97 Å². The van der Waals surface area contributed by atoms with Crippen LogP contribution in [0.25, 0.3) is 0 Å². The molecule has 5 aliphatic rings. The number of aliphatic hydroxyl groups is 3. The Balaban J connectivity index is 1.04. The number of aliphatic hydroxyl groups excluding tert-OH is 3. The monoisotopic (exact) mass is 815 g/mol. The molecular weight excluding hydrogens is 725 g/mol. The first-order valence-electron chi connectivity index (χ1n) is 25.0. The molecule has 58 heavy (non-hydrogen) atoms. The van der Waals surface area contributed by atoms with Crippen LogP contribution in [-0.2, 0) is 19.0 Å². The third-order valence-electron chi connectivity index (χ3n) is 17.2. The fourth-order valence-corrected chi connectivity index (χ4v) is 13.3. The summed E-state index contributed by atoms with van der Waals surface area (Å²) in [4.78, 5) is 12.6. The minimum atomic E-state index is -1.44. The first-order valence-corrected chi connectivity index (χ1v) is 25.0. The topological polar surface area (TPSA) is 105 Å². The molecular formula is C51H90O7. The number of unbranched alkanes of at least 4 members (excludes halogenated alkanes) is 12. The predicted molar refractivity (Wildman–Crippen MR) is 235 cm³/mol. The molecule has 0 bridgehead atoms. The second-order valence-electron chi connectivity index (χ2n) is 21.1. The van der Waals surface area contributed by atoms with Gasteiger partial charge in [-0.3, -0.25) is 4.79 Å². The lowest BCUT2D eigenvalue weighted by Crippen LogP contribution is -2.60. The fraction of sp³-hybridized carbons (Fsp3) is 0.941. The van der Waals surface area contributed by atoms with Gasteiger partial charge < -0.3 is 29.5 Å². The summed E-state index contributed by atoms with van der Waals surface area (Å²) in [5.74, 6) is 5.24. The van der Waals surface area contributed by atoms with E-state index in [-0.39, 0.29) is 24.1 Å². The van der Waals surface area contributed by atoms with Crippen LogP contribution in [0, 0.1) is 52.3 Å². The van der Waals surface area contributed by atoms with E-state index < -0.39 is 30.7 Å². The molecule has 0 aromatic carbocycles. The largest absolute Gasteiger partial charge is 0.463 e. The quantitative estimate of drug-likeness (QED) is 0.0506. The van der Waals surface area contributed by atoms with Crippen LogP contribution >= 0.6 is 0 Å². The van der Waals surface area contributed by atoms with Crippen LogP contribution in [-0.4, -0.2) is 64.7 Å². The first kappa shape index (κ1) is 48.0. The number of hydrogen-bond donors (Lipinski definition) is 3. The molecule has 0 spiro atoms. The van der Waals surface area contributed by atoms with E-state index in [1.54, 1.807) is 0 Å². The molecule has 3 unspecified atom stereocenters. The molecule has 5 rings (SSSR count). The van der Waals surface area contributed by atoms with Crippen LogP contribution in [0.4, 0.5) is 0 Å². The van der Waals surface area contributed by atoms with E-state index in [2.05, 4.69) is 54.5 Å². The molecule has 0 amide bonds. The van der Waals surface area contributed by atoms with Crippen LogP contribution in [0.5, 0.6) is 0 Å². The summed E-state index contributed by atoms with van der Waals surface area (Å²) in [7, 11) is 0. The van der Waals surface area contributed by atoms with Crippen LogP contribution in [0.1, 0.15) is 209 Å². The Morgan fingerprint density at radius 2 is 1.45 bits per heavy atom. The van der Waals surface area contributed by atoms with Gasteiger partial charge >= 0.3 is 5.97 Å². The Morgan fingerprint density at radius 3 is 2.09 bits per heavy atom. The van der Waals surface area contributed by atoms with Crippen LogP contribution in [0.2, 0.25) is 0 Å². The maximum atomic E-state index is 12.6. The molecule has 4 fully saturated rings. The number of rotatable bonds is 24. The predicted octanol–water partition coefficient (Wildman–Crippen LogP) is 11.9.